The minimum Gasteiger partial charge on any atom is -0.428 e. The Bertz CT molecular complexity index is 619. The van der Waals surface area contributed by atoms with E-state index in [1.54, 1.807) is 7.11 Å². The second-order valence-electron chi connectivity index (χ2n) is 3.74. The van der Waals surface area contributed by atoms with E-state index < -0.39 is 0 Å². The molecule has 0 spiro atoms. The number of nitrogens with zero attached hydrogens (tertiary/aromatic N) is 2. The maximum Gasteiger partial charge on any atom is 0.298 e. The Hall–Kier alpha value is -1.21. The van der Waals surface area contributed by atoms with Gasteiger partial charge in [-0.25, -0.2) is 0 Å². The Morgan fingerprint density at radius 1 is 1.35 bits per heavy atom. The van der Waals surface area contributed by atoms with Crippen LogP contribution in [0.25, 0.3) is 0 Å². The molecule has 1 aromatic carbocycles. The molecule has 0 N–H and O–H groups in total. The van der Waals surface area contributed by atoms with Crippen LogP contribution < -0.4 is 4.74 Å². The minimum atomic E-state index is 0.267. The summed E-state index contributed by atoms with van der Waals surface area (Å²) in [7, 11) is 1.61. The zero-order valence-corrected chi connectivity index (χ0v) is 12.8. The number of ether oxygens (including phenoxy) is 2. The quantitative estimate of drug-likeness (QED) is 0.755. The molecule has 0 aliphatic rings. The first-order valence-corrected chi connectivity index (χ1v) is 7.10. The Morgan fingerprint density at radius 2 is 2.15 bits per heavy atom. The van der Waals surface area contributed by atoms with Crippen molar-refractivity contribution in [3.8, 4) is 10.9 Å². The van der Waals surface area contributed by atoms with Crippen LogP contribution in [0.5, 0.6) is 10.9 Å². The molecule has 20 heavy (non-hydrogen) atoms. The fourth-order valence-corrected chi connectivity index (χ4v) is 2.38. The monoisotopic (exact) mass is 332 g/mol. The summed E-state index contributed by atoms with van der Waals surface area (Å²) in [5, 5.41) is 0.904. The minimum absolute atomic E-state index is 0.267. The number of aromatic nitrogens is 2. The molecule has 0 amide bonds. The fraction of sp³-hybridized carbons (Fsp3) is 0.250. The molecule has 1 aromatic heterocycles. The maximum absolute atomic E-state index is 10.7. The number of carbonyl (C=O) groups is 1. The van der Waals surface area contributed by atoms with Crippen molar-refractivity contribution in [1.29, 1.82) is 0 Å². The van der Waals surface area contributed by atoms with Crippen molar-refractivity contribution in [3.05, 3.63) is 33.6 Å². The standard InChI is InChI=1S/C12H10Cl2N2O3S/c1-18-3-2-11-15-12(20-16-11)19-10-5-8(13)7(6-17)4-9(10)14/h4-6H,2-3H2,1H3. The molecule has 0 radical (unpaired) electrons. The van der Waals surface area contributed by atoms with Crippen molar-refractivity contribution in [3.63, 3.8) is 0 Å². The normalized spacial score (nSPS) is 10.6. The second-order valence-corrected chi connectivity index (χ2v) is 5.27. The summed E-state index contributed by atoms with van der Waals surface area (Å²) in [4.78, 5) is 14.9. The van der Waals surface area contributed by atoms with Crippen LogP contribution in [0.3, 0.4) is 0 Å². The van der Waals surface area contributed by atoms with E-state index in [0.29, 0.717) is 41.6 Å². The number of methoxy groups -OCH3 is 1. The van der Waals surface area contributed by atoms with Gasteiger partial charge >= 0.3 is 0 Å². The summed E-state index contributed by atoms with van der Waals surface area (Å²) in [6.07, 6.45) is 1.24. The maximum atomic E-state index is 10.7. The summed E-state index contributed by atoms with van der Waals surface area (Å²) in [6.45, 7) is 0.538. The van der Waals surface area contributed by atoms with Crippen LogP contribution in [0.2, 0.25) is 10.0 Å². The third-order valence-corrected chi connectivity index (χ3v) is 3.61. The molecule has 0 aliphatic carbocycles. The van der Waals surface area contributed by atoms with Gasteiger partial charge < -0.3 is 9.47 Å². The van der Waals surface area contributed by atoms with Gasteiger partial charge in [0.2, 0.25) is 0 Å². The molecule has 0 aliphatic heterocycles. The summed E-state index contributed by atoms with van der Waals surface area (Å²) in [5.41, 5.74) is 0.307. The summed E-state index contributed by atoms with van der Waals surface area (Å²) in [6, 6.07) is 2.92. The van der Waals surface area contributed by atoms with Crippen LogP contribution in [0, 0.1) is 0 Å². The van der Waals surface area contributed by atoms with E-state index in [4.69, 9.17) is 32.7 Å². The number of hydrogen-bond donors (Lipinski definition) is 0. The molecule has 0 atom stereocenters. The Morgan fingerprint density at radius 3 is 2.85 bits per heavy atom. The van der Waals surface area contributed by atoms with Gasteiger partial charge in [0.25, 0.3) is 5.19 Å². The highest BCUT2D eigenvalue weighted by Crippen LogP contribution is 2.34. The highest BCUT2D eigenvalue weighted by molar-refractivity contribution is 7.07. The molecule has 1 heterocycles. The molecule has 106 valence electrons. The lowest BCUT2D eigenvalue weighted by Gasteiger charge is -2.05. The summed E-state index contributed by atoms with van der Waals surface area (Å²) >= 11 is 13.0. The molecule has 0 unspecified atom stereocenters. The molecular weight excluding hydrogens is 323 g/mol. The Kier molecular flexibility index (Phi) is 5.31. The zero-order chi connectivity index (χ0) is 14.5. The van der Waals surface area contributed by atoms with Gasteiger partial charge in [0.1, 0.15) is 5.82 Å². The number of aldehydes is 1. The summed E-state index contributed by atoms with van der Waals surface area (Å²) < 4.78 is 14.6. The Balaban J connectivity index is 2.15. The summed E-state index contributed by atoms with van der Waals surface area (Å²) in [5.74, 6) is 0.968. The zero-order valence-electron chi connectivity index (χ0n) is 10.4. The van der Waals surface area contributed by atoms with E-state index in [-0.39, 0.29) is 10.0 Å². The SMILES string of the molecule is COCCc1nsc(Oc2cc(Cl)c(C=O)cc2Cl)n1. The van der Waals surface area contributed by atoms with Crippen LogP contribution >= 0.6 is 34.7 Å². The topological polar surface area (TPSA) is 61.3 Å². The van der Waals surface area contributed by atoms with Gasteiger partial charge in [-0.3, -0.25) is 4.79 Å². The average molecular weight is 333 g/mol. The van der Waals surface area contributed by atoms with Crippen molar-refractivity contribution in [2.75, 3.05) is 13.7 Å². The van der Waals surface area contributed by atoms with Crippen molar-refractivity contribution in [1.82, 2.24) is 9.36 Å². The number of halogens is 2. The van der Waals surface area contributed by atoms with Gasteiger partial charge in [-0.2, -0.15) is 9.36 Å². The molecule has 0 saturated carbocycles. The van der Waals surface area contributed by atoms with E-state index in [2.05, 4.69) is 9.36 Å². The van der Waals surface area contributed by atoms with Gasteiger partial charge in [0, 0.05) is 36.7 Å². The van der Waals surface area contributed by atoms with E-state index in [1.807, 2.05) is 0 Å². The predicted molar refractivity (Wildman–Crippen MR) is 77.4 cm³/mol. The van der Waals surface area contributed by atoms with Gasteiger partial charge in [0.15, 0.2) is 12.0 Å². The van der Waals surface area contributed by atoms with Crippen LogP contribution in [0.4, 0.5) is 0 Å². The van der Waals surface area contributed by atoms with Crippen LogP contribution in [0.1, 0.15) is 16.2 Å². The average Bonchev–Trinajstić information content (AvgIpc) is 2.87. The lowest BCUT2D eigenvalue weighted by atomic mass is 10.2. The van der Waals surface area contributed by atoms with Crippen LogP contribution in [0.15, 0.2) is 12.1 Å². The van der Waals surface area contributed by atoms with Crippen molar-refractivity contribution < 1.29 is 14.3 Å². The highest BCUT2D eigenvalue weighted by atomic mass is 35.5. The molecule has 0 saturated heterocycles. The molecule has 2 rings (SSSR count). The molecule has 0 bridgehead atoms. The largest absolute Gasteiger partial charge is 0.428 e. The lowest BCUT2D eigenvalue weighted by Crippen LogP contribution is -1.96. The third kappa shape index (κ3) is 3.67. The second kappa shape index (κ2) is 6.99. The van der Waals surface area contributed by atoms with E-state index >= 15 is 0 Å². The van der Waals surface area contributed by atoms with Gasteiger partial charge in [-0.1, -0.05) is 23.2 Å². The number of rotatable bonds is 6. The Labute approximate surface area is 129 Å². The van der Waals surface area contributed by atoms with Crippen LogP contribution in [-0.4, -0.2) is 29.4 Å². The molecule has 0 fully saturated rings. The molecule has 5 nitrogen and oxygen atoms in total. The smallest absolute Gasteiger partial charge is 0.298 e. The predicted octanol–water partition coefficient (Wildman–Crippen LogP) is 3.64. The fourth-order valence-electron chi connectivity index (χ4n) is 1.38. The first-order valence-electron chi connectivity index (χ1n) is 5.57. The van der Waals surface area contributed by atoms with E-state index in [0.717, 1.165) is 11.5 Å². The van der Waals surface area contributed by atoms with E-state index in [1.165, 1.54) is 12.1 Å². The number of benzene rings is 1. The van der Waals surface area contributed by atoms with Gasteiger partial charge in [-0.05, 0) is 6.07 Å². The number of carbonyl (C=O) groups excluding carboxylic acids is 1. The van der Waals surface area contributed by atoms with Crippen LogP contribution in [-0.2, 0) is 11.2 Å². The van der Waals surface area contributed by atoms with Gasteiger partial charge in [0.05, 0.1) is 16.7 Å². The lowest BCUT2D eigenvalue weighted by molar-refractivity contribution is 0.112. The van der Waals surface area contributed by atoms with Gasteiger partial charge in [-0.15, -0.1) is 0 Å². The molecule has 8 heteroatoms. The van der Waals surface area contributed by atoms with Crippen molar-refractivity contribution in [2.45, 2.75) is 6.42 Å². The number of hydrogen-bond acceptors (Lipinski definition) is 6. The molecule has 2 aromatic rings. The third-order valence-electron chi connectivity index (χ3n) is 2.35. The first kappa shape index (κ1) is 15.2. The van der Waals surface area contributed by atoms with Crippen molar-refractivity contribution in [2.24, 2.45) is 0 Å². The first-order chi connectivity index (χ1) is 9.63. The molecular formula is C12H10Cl2N2O3S. The van der Waals surface area contributed by atoms with Crippen molar-refractivity contribution >= 4 is 41.0 Å². The van der Waals surface area contributed by atoms with E-state index in [9.17, 15) is 4.79 Å². The highest BCUT2D eigenvalue weighted by Gasteiger charge is 2.12.